The Kier molecular flexibility index (Phi) is 9.64. The highest BCUT2D eigenvalue weighted by Gasteiger charge is 2.20. The van der Waals surface area contributed by atoms with Gasteiger partial charge in [-0.2, -0.15) is 0 Å². The molecule has 0 aliphatic rings. The summed E-state index contributed by atoms with van der Waals surface area (Å²) in [6, 6.07) is 12.9. The SMILES string of the molecule is CCCCC[C@H](CN(O)C=O)C(=O)NCNC(=O)c1cccc(-c2ccc(F)cc2)c1. The molecule has 0 saturated heterocycles. The van der Waals surface area contributed by atoms with Gasteiger partial charge in [-0.25, -0.2) is 9.45 Å². The Morgan fingerprint density at radius 2 is 1.84 bits per heavy atom. The van der Waals surface area contributed by atoms with Crippen molar-refractivity contribution in [1.82, 2.24) is 15.7 Å². The summed E-state index contributed by atoms with van der Waals surface area (Å²) in [6.07, 6.45) is 3.51. The lowest BCUT2D eigenvalue weighted by Gasteiger charge is -2.19. The van der Waals surface area contributed by atoms with E-state index in [-0.39, 0.29) is 37.3 Å². The van der Waals surface area contributed by atoms with Gasteiger partial charge in [0.25, 0.3) is 5.91 Å². The van der Waals surface area contributed by atoms with Crippen molar-refractivity contribution in [2.24, 2.45) is 5.92 Å². The summed E-state index contributed by atoms with van der Waals surface area (Å²) in [7, 11) is 0. The summed E-state index contributed by atoms with van der Waals surface area (Å²) in [5.41, 5.74) is 1.95. The van der Waals surface area contributed by atoms with Crippen LogP contribution in [0.2, 0.25) is 0 Å². The molecule has 166 valence electrons. The molecule has 31 heavy (non-hydrogen) atoms. The van der Waals surface area contributed by atoms with Crippen LogP contribution in [0.5, 0.6) is 0 Å². The molecule has 0 saturated carbocycles. The first-order valence-electron chi connectivity index (χ1n) is 10.3. The van der Waals surface area contributed by atoms with Gasteiger partial charge in [0.15, 0.2) is 0 Å². The summed E-state index contributed by atoms with van der Waals surface area (Å²) in [5.74, 6) is -1.62. The molecule has 0 aromatic heterocycles. The highest BCUT2D eigenvalue weighted by atomic mass is 19.1. The van der Waals surface area contributed by atoms with E-state index in [0.29, 0.717) is 17.0 Å². The maximum atomic E-state index is 13.1. The van der Waals surface area contributed by atoms with Crippen LogP contribution in [-0.2, 0) is 9.59 Å². The quantitative estimate of drug-likeness (QED) is 0.158. The Hall–Kier alpha value is -3.26. The molecule has 2 aromatic rings. The molecule has 0 spiro atoms. The first-order valence-corrected chi connectivity index (χ1v) is 10.3. The van der Waals surface area contributed by atoms with E-state index >= 15 is 0 Å². The van der Waals surface area contributed by atoms with Gasteiger partial charge in [0.2, 0.25) is 12.3 Å². The van der Waals surface area contributed by atoms with Crippen molar-refractivity contribution in [2.75, 3.05) is 13.2 Å². The number of benzene rings is 2. The molecule has 0 aliphatic carbocycles. The summed E-state index contributed by atoms with van der Waals surface area (Å²) < 4.78 is 13.1. The lowest BCUT2D eigenvalue weighted by Crippen LogP contribution is -2.43. The minimum absolute atomic E-state index is 0.0881. The molecule has 8 heteroatoms. The number of amides is 3. The van der Waals surface area contributed by atoms with Gasteiger partial charge in [-0.15, -0.1) is 0 Å². The standard InChI is InChI=1S/C23H28FN3O4/c1-2-3-4-6-20(14-27(31)16-28)23(30)26-15-25-22(29)19-8-5-7-18(13-19)17-9-11-21(24)12-10-17/h5,7-13,16,20,31H,2-4,6,14-15H2,1H3,(H,25,29)(H,26,30)/t20-/m1/s1. The van der Waals surface area contributed by atoms with E-state index in [1.807, 2.05) is 13.0 Å². The molecule has 0 fully saturated rings. The van der Waals surface area contributed by atoms with E-state index in [4.69, 9.17) is 0 Å². The van der Waals surface area contributed by atoms with E-state index in [9.17, 15) is 24.0 Å². The van der Waals surface area contributed by atoms with Crippen molar-refractivity contribution in [3.8, 4) is 11.1 Å². The number of carbonyl (C=O) groups is 3. The van der Waals surface area contributed by atoms with Gasteiger partial charge in [0.05, 0.1) is 19.1 Å². The molecule has 2 rings (SSSR count). The predicted molar refractivity (Wildman–Crippen MR) is 115 cm³/mol. The number of nitrogens with zero attached hydrogens (tertiary/aromatic N) is 1. The van der Waals surface area contributed by atoms with E-state index in [1.165, 1.54) is 12.1 Å². The second-order valence-electron chi connectivity index (χ2n) is 7.23. The van der Waals surface area contributed by atoms with Crippen LogP contribution in [0.15, 0.2) is 48.5 Å². The smallest absolute Gasteiger partial charge is 0.252 e. The molecular formula is C23H28FN3O4. The van der Waals surface area contributed by atoms with Crippen molar-refractivity contribution in [3.63, 3.8) is 0 Å². The fourth-order valence-electron chi connectivity index (χ4n) is 3.16. The molecule has 1 atom stereocenters. The number of rotatable bonds is 12. The van der Waals surface area contributed by atoms with E-state index < -0.39 is 5.92 Å². The summed E-state index contributed by atoms with van der Waals surface area (Å²) in [4.78, 5) is 35.5. The van der Waals surface area contributed by atoms with Gasteiger partial charge in [-0.1, -0.05) is 50.5 Å². The van der Waals surface area contributed by atoms with Crippen LogP contribution in [0.4, 0.5) is 4.39 Å². The lowest BCUT2D eigenvalue weighted by atomic mass is 10.0. The summed E-state index contributed by atoms with van der Waals surface area (Å²) in [6.45, 7) is 1.85. The summed E-state index contributed by atoms with van der Waals surface area (Å²) in [5, 5.41) is 15.1. The van der Waals surface area contributed by atoms with Crippen molar-refractivity contribution >= 4 is 18.2 Å². The zero-order valence-electron chi connectivity index (χ0n) is 17.5. The maximum Gasteiger partial charge on any atom is 0.252 e. The Morgan fingerprint density at radius 3 is 2.52 bits per heavy atom. The van der Waals surface area contributed by atoms with Crippen molar-refractivity contribution in [1.29, 1.82) is 0 Å². The topological polar surface area (TPSA) is 98.7 Å². The molecule has 3 amide bonds. The number of carbonyl (C=O) groups excluding carboxylic acids is 3. The molecule has 0 bridgehead atoms. The normalized spacial score (nSPS) is 11.5. The van der Waals surface area contributed by atoms with Gasteiger partial charge in [0, 0.05) is 5.56 Å². The van der Waals surface area contributed by atoms with Crippen LogP contribution in [0, 0.1) is 11.7 Å². The Morgan fingerprint density at radius 1 is 1.10 bits per heavy atom. The number of hydrogen-bond donors (Lipinski definition) is 3. The van der Waals surface area contributed by atoms with Gasteiger partial charge >= 0.3 is 0 Å². The van der Waals surface area contributed by atoms with Crippen LogP contribution in [0.3, 0.4) is 0 Å². The van der Waals surface area contributed by atoms with E-state index in [2.05, 4.69) is 10.6 Å². The maximum absolute atomic E-state index is 13.1. The third-order valence-electron chi connectivity index (χ3n) is 4.87. The molecular weight excluding hydrogens is 401 g/mol. The predicted octanol–water partition coefficient (Wildman–Crippen LogP) is 3.34. The van der Waals surface area contributed by atoms with Crippen molar-refractivity contribution in [2.45, 2.75) is 32.6 Å². The highest BCUT2D eigenvalue weighted by Crippen LogP contribution is 2.20. The third kappa shape index (κ3) is 7.82. The number of nitrogens with one attached hydrogen (secondary N) is 2. The number of halogens is 1. The molecule has 0 unspecified atom stereocenters. The molecule has 3 N–H and O–H groups in total. The number of hydroxylamine groups is 2. The average molecular weight is 429 g/mol. The van der Waals surface area contributed by atoms with Crippen LogP contribution < -0.4 is 10.6 Å². The molecule has 0 aliphatic heterocycles. The van der Waals surface area contributed by atoms with E-state index in [1.54, 1.807) is 30.3 Å². The zero-order valence-corrected chi connectivity index (χ0v) is 17.5. The Labute approximate surface area is 181 Å². The molecule has 0 heterocycles. The molecule has 2 aromatic carbocycles. The Bertz CT molecular complexity index is 873. The van der Waals surface area contributed by atoms with Crippen LogP contribution in [0.1, 0.15) is 43.0 Å². The lowest BCUT2D eigenvalue weighted by molar-refractivity contribution is -0.154. The molecule has 0 radical (unpaired) electrons. The number of unbranched alkanes of at least 4 members (excludes halogenated alkanes) is 2. The van der Waals surface area contributed by atoms with Gasteiger partial charge in [-0.05, 0) is 41.8 Å². The summed E-state index contributed by atoms with van der Waals surface area (Å²) >= 11 is 0. The van der Waals surface area contributed by atoms with Gasteiger partial charge in [-0.3, -0.25) is 19.6 Å². The minimum Gasteiger partial charge on any atom is -0.338 e. The van der Waals surface area contributed by atoms with Crippen LogP contribution >= 0.6 is 0 Å². The monoisotopic (exact) mass is 429 g/mol. The van der Waals surface area contributed by atoms with E-state index in [0.717, 1.165) is 30.4 Å². The molecule has 7 nitrogen and oxygen atoms in total. The number of hydrogen-bond acceptors (Lipinski definition) is 4. The zero-order chi connectivity index (χ0) is 22.6. The second-order valence-corrected chi connectivity index (χ2v) is 7.23. The first-order chi connectivity index (χ1) is 14.9. The second kappa shape index (κ2) is 12.4. The fraction of sp³-hybridized carbons (Fsp3) is 0.348. The Balaban J connectivity index is 1.92. The highest BCUT2D eigenvalue weighted by molar-refractivity contribution is 5.95. The van der Waals surface area contributed by atoms with Crippen molar-refractivity contribution < 1.29 is 24.0 Å². The fourth-order valence-corrected chi connectivity index (χ4v) is 3.16. The first kappa shape index (κ1) is 24.0. The average Bonchev–Trinajstić information content (AvgIpc) is 2.78. The largest absolute Gasteiger partial charge is 0.338 e. The minimum atomic E-state index is -0.569. The van der Waals surface area contributed by atoms with Crippen molar-refractivity contribution in [3.05, 3.63) is 59.9 Å². The third-order valence-corrected chi connectivity index (χ3v) is 4.87. The van der Waals surface area contributed by atoms with Gasteiger partial charge < -0.3 is 10.6 Å². The van der Waals surface area contributed by atoms with Crippen LogP contribution in [-0.4, -0.2) is 41.7 Å². The van der Waals surface area contributed by atoms with Gasteiger partial charge in [0.1, 0.15) is 5.82 Å². The van der Waals surface area contributed by atoms with Crippen LogP contribution in [0.25, 0.3) is 11.1 Å².